The molecule has 0 aliphatic carbocycles. The largest absolute Gasteiger partial charge is 0.353 e. The zero-order chi connectivity index (χ0) is 18.0. The number of nitrogens with one attached hydrogen (secondary N) is 3. The summed E-state index contributed by atoms with van der Waals surface area (Å²) in [6.07, 6.45) is 2.07. The lowest BCUT2D eigenvalue weighted by Crippen LogP contribution is -2.45. The number of nitrogens with zero attached hydrogens (tertiary/aromatic N) is 1. The average Bonchev–Trinajstić information content (AvgIpc) is 3.17. The predicted molar refractivity (Wildman–Crippen MR) is 95.3 cm³/mol. The van der Waals surface area contributed by atoms with Gasteiger partial charge in [-0.1, -0.05) is 12.1 Å². The molecule has 7 nitrogen and oxygen atoms in total. The summed E-state index contributed by atoms with van der Waals surface area (Å²) in [5.74, 6) is -1.35. The van der Waals surface area contributed by atoms with Crippen molar-refractivity contribution in [2.24, 2.45) is 0 Å². The van der Waals surface area contributed by atoms with Crippen molar-refractivity contribution in [2.75, 3.05) is 19.6 Å². The van der Waals surface area contributed by atoms with Crippen molar-refractivity contribution in [3.63, 3.8) is 0 Å². The molecule has 1 aromatic carbocycles. The van der Waals surface area contributed by atoms with E-state index >= 15 is 0 Å². The topological polar surface area (TPSA) is 90.5 Å². The Hall–Kier alpha value is -2.19. The fourth-order valence-electron chi connectivity index (χ4n) is 3.19. The SMILES string of the molecule is CC1(c2ccc(F)cc2)NC(=O)N(CC(=O)NCC2CCCN2)C1=O.Cl. The van der Waals surface area contributed by atoms with Gasteiger partial charge in [0.1, 0.15) is 17.9 Å². The summed E-state index contributed by atoms with van der Waals surface area (Å²) in [5.41, 5.74) is -0.844. The van der Waals surface area contributed by atoms with Crippen LogP contribution in [0, 0.1) is 5.82 Å². The maximum absolute atomic E-state index is 13.1. The summed E-state index contributed by atoms with van der Waals surface area (Å²) in [6.45, 7) is 2.61. The number of urea groups is 1. The van der Waals surface area contributed by atoms with Crippen LogP contribution in [0.3, 0.4) is 0 Å². The van der Waals surface area contributed by atoms with E-state index in [0.29, 0.717) is 12.1 Å². The second-order valence-electron chi connectivity index (χ2n) is 6.55. The van der Waals surface area contributed by atoms with Gasteiger partial charge in [0.2, 0.25) is 5.91 Å². The third-order valence-corrected chi connectivity index (χ3v) is 4.71. The van der Waals surface area contributed by atoms with Gasteiger partial charge in [-0.3, -0.25) is 14.5 Å². The Bertz CT molecular complexity index is 694. The van der Waals surface area contributed by atoms with E-state index < -0.39 is 23.3 Å². The van der Waals surface area contributed by atoms with E-state index in [1.54, 1.807) is 6.92 Å². The average molecular weight is 385 g/mol. The van der Waals surface area contributed by atoms with Crippen molar-refractivity contribution < 1.29 is 18.8 Å². The number of benzene rings is 1. The van der Waals surface area contributed by atoms with Crippen molar-refractivity contribution in [1.82, 2.24) is 20.9 Å². The van der Waals surface area contributed by atoms with Crippen molar-refractivity contribution >= 4 is 30.3 Å². The molecule has 3 rings (SSSR count). The molecule has 142 valence electrons. The molecule has 0 radical (unpaired) electrons. The summed E-state index contributed by atoms with van der Waals surface area (Å²) < 4.78 is 13.1. The Morgan fingerprint density at radius 2 is 2.04 bits per heavy atom. The van der Waals surface area contributed by atoms with Gasteiger partial charge in [-0.15, -0.1) is 12.4 Å². The molecule has 2 unspecified atom stereocenters. The standard InChI is InChI=1S/C17H21FN4O3.ClH/c1-17(11-4-6-12(18)7-5-11)15(24)22(16(25)21-17)10-14(23)20-9-13-3-2-8-19-13;/h4-7,13,19H,2-3,8-10H2,1H3,(H,20,23)(H,21,25);1H. The van der Waals surface area contributed by atoms with E-state index in [4.69, 9.17) is 0 Å². The highest BCUT2D eigenvalue weighted by Gasteiger charge is 2.49. The van der Waals surface area contributed by atoms with Gasteiger partial charge in [0, 0.05) is 12.6 Å². The zero-order valence-electron chi connectivity index (χ0n) is 14.4. The monoisotopic (exact) mass is 384 g/mol. The highest BCUT2D eigenvalue weighted by molar-refractivity contribution is 6.09. The van der Waals surface area contributed by atoms with E-state index in [9.17, 15) is 18.8 Å². The van der Waals surface area contributed by atoms with Crippen LogP contribution in [0.25, 0.3) is 0 Å². The van der Waals surface area contributed by atoms with Crippen molar-refractivity contribution in [3.8, 4) is 0 Å². The van der Waals surface area contributed by atoms with Gasteiger partial charge in [-0.2, -0.15) is 0 Å². The van der Waals surface area contributed by atoms with Crippen LogP contribution in [0.15, 0.2) is 24.3 Å². The van der Waals surface area contributed by atoms with Crippen LogP contribution in [0.5, 0.6) is 0 Å². The minimum atomic E-state index is -1.31. The molecule has 2 saturated heterocycles. The first-order valence-electron chi connectivity index (χ1n) is 8.30. The van der Waals surface area contributed by atoms with E-state index in [-0.39, 0.29) is 30.9 Å². The van der Waals surface area contributed by atoms with Gasteiger partial charge in [0.05, 0.1) is 0 Å². The highest BCUT2D eigenvalue weighted by atomic mass is 35.5. The summed E-state index contributed by atoms with van der Waals surface area (Å²) in [4.78, 5) is 37.8. The van der Waals surface area contributed by atoms with Gasteiger partial charge in [0.15, 0.2) is 0 Å². The van der Waals surface area contributed by atoms with Crippen LogP contribution in [-0.2, 0) is 15.1 Å². The number of halogens is 2. The van der Waals surface area contributed by atoms with Gasteiger partial charge in [-0.05, 0) is 44.0 Å². The summed E-state index contributed by atoms with van der Waals surface area (Å²) in [7, 11) is 0. The molecule has 0 bridgehead atoms. The second kappa shape index (κ2) is 8.01. The van der Waals surface area contributed by atoms with Gasteiger partial charge in [-0.25, -0.2) is 9.18 Å². The number of carbonyl (C=O) groups excluding carboxylic acids is 3. The van der Waals surface area contributed by atoms with Gasteiger partial charge < -0.3 is 16.0 Å². The molecule has 0 aromatic heterocycles. The molecule has 2 aliphatic rings. The van der Waals surface area contributed by atoms with E-state index in [1.807, 2.05) is 0 Å². The fraction of sp³-hybridized carbons (Fsp3) is 0.471. The smallest absolute Gasteiger partial charge is 0.325 e. The zero-order valence-corrected chi connectivity index (χ0v) is 15.2. The Balaban J connectivity index is 0.00000243. The number of carbonyl (C=O) groups is 3. The van der Waals surface area contributed by atoms with Crippen LogP contribution >= 0.6 is 12.4 Å². The van der Waals surface area contributed by atoms with Crippen molar-refractivity contribution in [3.05, 3.63) is 35.6 Å². The predicted octanol–water partition coefficient (Wildman–Crippen LogP) is 0.883. The molecular formula is C17H22ClFN4O3. The maximum atomic E-state index is 13.1. The lowest BCUT2D eigenvalue weighted by atomic mass is 9.92. The van der Waals surface area contributed by atoms with Crippen LogP contribution in [0.4, 0.5) is 9.18 Å². The lowest BCUT2D eigenvalue weighted by Gasteiger charge is -2.22. The molecule has 2 aliphatic heterocycles. The van der Waals surface area contributed by atoms with Gasteiger partial charge >= 0.3 is 6.03 Å². The first kappa shape index (κ1) is 20.1. The van der Waals surface area contributed by atoms with E-state index in [0.717, 1.165) is 24.3 Å². The molecule has 1 aromatic rings. The van der Waals surface area contributed by atoms with Crippen LogP contribution in [0.2, 0.25) is 0 Å². The Morgan fingerprint density at radius 3 is 2.65 bits per heavy atom. The Kier molecular flexibility index (Phi) is 6.20. The molecule has 0 spiro atoms. The number of hydrogen-bond acceptors (Lipinski definition) is 4. The van der Waals surface area contributed by atoms with Crippen molar-refractivity contribution in [2.45, 2.75) is 31.3 Å². The number of hydrogen-bond donors (Lipinski definition) is 3. The first-order valence-corrected chi connectivity index (χ1v) is 8.30. The van der Waals surface area contributed by atoms with Crippen LogP contribution < -0.4 is 16.0 Å². The Labute approximate surface area is 157 Å². The molecule has 4 amide bonds. The minimum Gasteiger partial charge on any atom is -0.353 e. The highest BCUT2D eigenvalue weighted by Crippen LogP contribution is 2.28. The number of imide groups is 1. The number of amides is 4. The molecular weight excluding hydrogens is 363 g/mol. The van der Waals surface area contributed by atoms with Gasteiger partial charge in [0.25, 0.3) is 5.91 Å². The quantitative estimate of drug-likeness (QED) is 0.657. The molecule has 3 N–H and O–H groups in total. The second-order valence-corrected chi connectivity index (χ2v) is 6.55. The van der Waals surface area contributed by atoms with Crippen LogP contribution in [0.1, 0.15) is 25.3 Å². The molecule has 2 atom stereocenters. The Morgan fingerprint density at radius 1 is 1.35 bits per heavy atom. The lowest BCUT2D eigenvalue weighted by molar-refractivity contribution is -0.134. The molecule has 9 heteroatoms. The molecule has 2 heterocycles. The van der Waals surface area contributed by atoms with Crippen molar-refractivity contribution in [1.29, 1.82) is 0 Å². The minimum absolute atomic E-state index is 0. The third-order valence-electron chi connectivity index (χ3n) is 4.71. The first-order chi connectivity index (χ1) is 11.9. The normalized spacial score (nSPS) is 25.0. The van der Waals surface area contributed by atoms with E-state index in [2.05, 4.69) is 16.0 Å². The van der Waals surface area contributed by atoms with Crippen LogP contribution in [-0.4, -0.2) is 48.4 Å². The molecule has 0 saturated carbocycles. The summed E-state index contributed by atoms with van der Waals surface area (Å²) in [5, 5.41) is 8.59. The van der Waals surface area contributed by atoms with E-state index in [1.165, 1.54) is 24.3 Å². The third kappa shape index (κ3) is 3.96. The number of rotatable bonds is 5. The molecule has 2 fully saturated rings. The fourth-order valence-corrected chi connectivity index (χ4v) is 3.19. The molecule has 26 heavy (non-hydrogen) atoms. The summed E-state index contributed by atoms with van der Waals surface area (Å²) >= 11 is 0. The maximum Gasteiger partial charge on any atom is 0.325 e. The summed E-state index contributed by atoms with van der Waals surface area (Å²) in [6, 6.07) is 4.95.